The molecular formula is C16H23N3O3. The molecule has 1 aliphatic heterocycles. The maximum Gasteiger partial charge on any atom is 0.309 e. The van der Waals surface area contributed by atoms with Gasteiger partial charge in [0, 0.05) is 27.2 Å². The van der Waals surface area contributed by atoms with E-state index in [2.05, 4.69) is 4.98 Å². The SMILES string of the molecule is CCOC(=O)C1CCN(C(=O)c2cccc(N(C)C)n2)CC1. The van der Waals surface area contributed by atoms with E-state index in [0.29, 0.717) is 38.2 Å². The molecule has 1 aliphatic rings. The predicted molar refractivity (Wildman–Crippen MR) is 83.8 cm³/mol. The Morgan fingerprint density at radius 3 is 2.59 bits per heavy atom. The summed E-state index contributed by atoms with van der Waals surface area (Å²) in [7, 11) is 3.78. The van der Waals surface area contributed by atoms with E-state index in [1.807, 2.05) is 31.1 Å². The second-order valence-electron chi connectivity index (χ2n) is 5.59. The fourth-order valence-corrected chi connectivity index (χ4v) is 2.53. The Kier molecular flexibility index (Phi) is 5.35. The van der Waals surface area contributed by atoms with Gasteiger partial charge >= 0.3 is 5.97 Å². The maximum atomic E-state index is 12.5. The Morgan fingerprint density at radius 1 is 1.32 bits per heavy atom. The predicted octanol–water partition coefficient (Wildman–Crippen LogP) is 1.56. The summed E-state index contributed by atoms with van der Waals surface area (Å²) >= 11 is 0. The molecule has 0 spiro atoms. The first-order chi connectivity index (χ1) is 10.5. The molecule has 0 saturated carbocycles. The summed E-state index contributed by atoms with van der Waals surface area (Å²) in [6.45, 7) is 3.34. The Hall–Kier alpha value is -2.11. The Labute approximate surface area is 131 Å². The van der Waals surface area contributed by atoms with Crippen LogP contribution < -0.4 is 4.90 Å². The number of esters is 1. The van der Waals surface area contributed by atoms with Crippen molar-refractivity contribution in [1.29, 1.82) is 0 Å². The van der Waals surface area contributed by atoms with Gasteiger partial charge in [-0.2, -0.15) is 0 Å². The molecule has 1 saturated heterocycles. The van der Waals surface area contributed by atoms with Crippen LogP contribution in [0.25, 0.3) is 0 Å². The van der Waals surface area contributed by atoms with Gasteiger partial charge in [0.2, 0.25) is 0 Å². The van der Waals surface area contributed by atoms with Crippen LogP contribution in [0.5, 0.6) is 0 Å². The van der Waals surface area contributed by atoms with Crippen molar-refractivity contribution >= 4 is 17.7 Å². The van der Waals surface area contributed by atoms with Crippen LogP contribution in [-0.2, 0) is 9.53 Å². The molecule has 2 rings (SSSR count). The highest BCUT2D eigenvalue weighted by Gasteiger charge is 2.29. The fourth-order valence-electron chi connectivity index (χ4n) is 2.53. The monoisotopic (exact) mass is 305 g/mol. The number of hydrogen-bond acceptors (Lipinski definition) is 5. The van der Waals surface area contributed by atoms with E-state index in [1.54, 1.807) is 17.9 Å². The first-order valence-electron chi connectivity index (χ1n) is 7.63. The molecule has 1 amide bonds. The number of likely N-dealkylation sites (tertiary alicyclic amines) is 1. The number of ether oxygens (including phenoxy) is 1. The summed E-state index contributed by atoms with van der Waals surface area (Å²) in [6, 6.07) is 5.43. The van der Waals surface area contributed by atoms with Gasteiger partial charge < -0.3 is 14.5 Å². The number of rotatable bonds is 4. The quantitative estimate of drug-likeness (QED) is 0.790. The van der Waals surface area contributed by atoms with Gasteiger partial charge in [0.1, 0.15) is 11.5 Å². The summed E-state index contributed by atoms with van der Waals surface area (Å²) in [5.41, 5.74) is 0.445. The molecule has 1 aromatic heterocycles. The van der Waals surface area contributed by atoms with Gasteiger partial charge in [0.25, 0.3) is 5.91 Å². The summed E-state index contributed by atoms with van der Waals surface area (Å²) < 4.78 is 5.04. The minimum absolute atomic E-state index is 0.0778. The van der Waals surface area contributed by atoms with Crippen molar-refractivity contribution in [2.24, 2.45) is 5.92 Å². The highest BCUT2D eigenvalue weighted by molar-refractivity contribution is 5.92. The van der Waals surface area contributed by atoms with Gasteiger partial charge in [-0.05, 0) is 31.9 Å². The lowest BCUT2D eigenvalue weighted by molar-refractivity contribution is -0.149. The standard InChI is InChI=1S/C16H23N3O3/c1-4-22-16(21)12-8-10-19(11-9-12)15(20)13-6-5-7-14(17-13)18(2)3/h5-7,12H,4,8-11H2,1-3H3. The van der Waals surface area contributed by atoms with Crippen molar-refractivity contribution in [3.63, 3.8) is 0 Å². The lowest BCUT2D eigenvalue weighted by atomic mass is 9.97. The van der Waals surface area contributed by atoms with Crippen molar-refractivity contribution in [1.82, 2.24) is 9.88 Å². The molecule has 6 heteroatoms. The van der Waals surface area contributed by atoms with E-state index >= 15 is 0 Å². The summed E-state index contributed by atoms with van der Waals surface area (Å²) in [5, 5.41) is 0. The number of anilines is 1. The van der Waals surface area contributed by atoms with E-state index in [1.165, 1.54) is 0 Å². The maximum absolute atomic E-state index is 12.5. The average Bonchev–Trinajstić information content (AvgIpc) is 2.54. The topological polar surface area (TPSA) is 62.7 Å². The summed E-state index contributed by atoms with van der Waals surface area (Å²) in [5.74, 6) is 0.436. The molecule has 0 bridgehead atoms. The molecule has 2 heterocycles. The van der Waals surface area contributed by atoms with Gasteiger partial charge in [0.15, 0.2) is 0 Å². The van der Waals surface area contributed by atoms with Crippen molar-refractivity contribution in [3.05, 3.63) is 23.9 Å². The van der Waals surface area contributed by atoms with Crippen LogP contribution in [0.3, 0.4) is 0 Å². The Bertz CT molecular complexity index is 537. The molecule has 22 heavy (non-hydrogen) atoms. The van der Waals surface area contributed by atoms with Crippen LogP contribution in [0.2, 0.25) is 0 Å². The number of aromatic nitrogens is 1. The zero-order valence-electron chi connectivity index (χ0n) is 13.4. The minimum Gasteiger partial charge on any atom is -0.466 e. The number of pyridine rings is 1. The molecule has 120 valence electrons. The highest BCUT2D eigenvalue weighted by atomic mass is 16.5. The summed E-state index contributed by atoms with van der Waals surface area (Å²) in [4.78, 5) is 32.2. The van der Waals surface area contributed by atoms with Crippen LogP contribution >= 0.6 is 0 Å². The van der Waals surface area contributed by atoms with Crippen LogP contribution in [0.15, 0.2) is 18.2 Å². The van der Waals surface area contributed by atoms with E-state index in [0.717, 1.165) is 5.82 Å². The minimum atomic E-state index is -0.151. The molecule has 1 aromatic rings. The van der Waals surface area contributed by atoms with Crippen LogP contribution in [0.4, 0.5) is 5.82 Å². The third-order valence-electron chi connectivity index (χ3n) is 3.81. The van der Waals surface area contributed by atoms with Gasteiger partial charge in [-0.3, -0.25) is 9.59 Å². The first kappa shape index (κ1) is 16.3. The molecular weight excluding hydrogens is 282 g/mol. The highest BCUT2D eigenvalue weighted by Crippen LogP contribution is 2.20. The lowest BCUT2D eigenvalue weighted by Crippen LogP contribution is -2.41. The lowest BCUT2D eigenvalue weighted by Gasteiger charge is -2.30. The second kappa shape index (κ2) is 7.24. The fraction of sp³-hybridized carbons (Fsp3) is 0.562. The van der Waals surface area contributed by atoms with Gasteiger partial charge in [-0.1, -0.05) is 6.07 Å². The van der Waals surface area contributed by atoms with E-state index in [4.69, 9.17) is 4.74 Å². The van der Waals surface area contributed by atoms with Crippen molar-refractivity contribution in [2.75, 3.05) is 38.7 Å². The summed E-state index contributed by atoms with van der Waals surface area (Å²) in [6.07, 6.45) is 1.30. The Balaban J connectivity index is 1.98. The Morgan fingerprint density at radius 2 is 2.00 bits per heavy atom. The molecule has 0 unspecified atom stereocenters. The molecule has 0 radical (unpaired) electrons. The van der Waals surface area contributed by atoms with Crippen LogP contribution in [0, 0.1) is 5.92 Å². The molecule has 0 aliphatic carbocycles. The third kappa shape index (κ3) is 3.75. The molecule has 0 atom stereocenters. The third-order valence-corrected chi connectivity index (χ3v) is 3.81. The van der Waals surface area contributed by atoms with Gasteiger partial charge in [-0.15, -0.1) is 0 Å². The molecule has 0 N–H and O–H groups in total. The number of carbonyl (C=O) groups is 2. The number of carbonyl (C=O) groups excluding carboxylic acids is 2. The van der Waals surface area contributed by atoms with Crippen molar-refractivity contribution < 1.29 is 14.3 Å². The van der Waals surface area contributed by atoms with Crippen LogP contribution in [-0.4, -0.2) is 55.6 Å². The number of hydrogen-bond donors (Lipinski definition) is 0. The smallest absolute Gasteiger partial charge is 0.309 e. The average molecular weight is 305 g/mol. The molecule has 0 aromatic carbocycles. The first-order valence-corrected chi connectivity index (χ1v) is 7.63. The zero-order chi connectivity index (χ0) is 16.1. The van der Waals surface area contributed by atoms with E-state index < -0.39 is 0 Å². The molecule has 6 nitrogen and oxygen atoms in total. The van der Waals surface area contributed by atoms with E-state index in [9.17, 15) is 9.59 Å². The largest absolute Gasteiger partial charge is 0.466 e. The normalized spacial score (nSPS) is 15.5. The number of nitrogens with zero attached hydrogens (tertiary/aromatic N) is 3. The number of amides is 1. The zero-order valence-corrected chi connectivity index (χ0v) is 13.4. The second-order valence-corrected chi connectivity index (χ2v) is 5.59. The van der Waals surface area contributed by atoms with E-state index in [-0.39, 0.29) is 17.8 Å². The number of piperidine rings is 1. The van der Waals surface area contributed by atoms with Gasteiger partial charge in [-0.25, -0.2) is 4.98 Å². The van der Waals surface area contributed by atoms with Crippen LogP contribution in [0.1, 0.15) is 30.3 Å². The van der Waals surface area contributed by atoms with Crippen molar-refractivity contribution in [2.45, 2.75) is 19.8 Å². The van der Waals surface area contributed by atoms with Gasteiger partial charge in [0.05, 0.1) is 12.5 Å². The molecule has 1 fully saturated rings. The van der Waals surface area contributed by atoms with Crippen molar-refractivity contribution in [3.8, 4) is 0 Å².